The van der Waals surface area contributed by atoms with Gasteiger partial charge in [0.25, 0.3) is 5.91 Å². The molecule has 1 heterocycles. The van der Waals surface area contributed by atoms with E-state index in [0.717, 1.165) is 5.82 Å². The summed E-state index contributed by atoms with van der Waals surface area (Å²) in [7, 11) is -2.36. The van der Waals surface area contributed by atoms with Gasteiger partial charge in [-0.1, -0.05) is 11.6 Å². The van der Waals surface area contributed by atoms with Gasteiger partial charge in [-0.15, -0.1) is 0 Å². The van der Waals surface area contributed by atoms with Crippen LogP contribution in [0.4, 0.5) is 0 Å². The largest absolute Gasteiger partial charge is 0.352 e. The lowest BCUT2D eigenvalue weighted by Gasteiger charge is -2.09. The number of rotatable bonds is 7. The third-order valence-electron chi connectivity index (χ3n) is 3.55. The molecule has 0 aliphatic rings. The Morgan fingerprint density at radius 1 is 1.44 bits per heavy atom. The first-order chi connectivity index (χ1) is 11.8. The Kier molecular flexibility index (Phi) is 6.33. The number of hydrogen-bond acceptors (Lipinski definition) is 5. The van der Waals surface area contributed by atoms with Crippen LogP contribution in [0.1, 0.15) is 23.1 Å². The minimum atomic E-state index is -3.66. The molecular weight excluding hydrogens is 386 g/mol. The third-order valence-corrected chi connectivity index (χ3v) is 5.60. The number of nitrogens with one attached hydrogen (secondary N) is 3. The molecule has 3 N–H and O–H groups in total. The van der Waals surface area contributed by atoms with Crippen LogP contribution in [0.2, 0.25) is 5.02 Å². The van der Waals surface area contributed by atoms with E-state index >= 15 is 0 Å². The van der Waals surface area contributed by atoms with Gasteiger partial charge in [0.05, 0.1) is 15.5 Å². The number of benzene rings is 1. The normalized spacial score (nSPS) is 11.5. The summed E-state index contributed by atoms with van der Waals surface area (Å²) in [5, 5.41) is 9.69. The highest BCUT2D eigenvalue weighted by atomic mass is 35.5. The number of nitrogens with zero attached hydrogens (tertiary/aromatic N) is 2. The first kappa shape index (κ1) is 19.6. The minimum Gasteiger partial charge on any atom is -0.352 e. The van der Waals surface area contributed by atoms with Gasteiger partial charge in [-0.05, 0) is 44.4 Å². The highest BCUT2D eigenvalue weighted by Gasteiger charge is 2.17. The quantitative estimate of drug-likeness (QED) is 0.607. The van der Waals surface area contributed by atoms with E-state index in [0.29, 0.717) is 24.3 Å². The standard InChI is InChI=1S/C14H18ClN5O3S2/c1-3-20-12(18-19-14(20)24)6-7-17-13(21)10-8-9(4-5-11(10)15)25(22,23)16-2/h4-5,8,16H,3,6-7H2,1-2H3,(H,17,21)(H,19,24). The molecule has 1 aromatic carbocycles. The third kappa shape index (κ3) is 4.46. The molecule has 0 fully saturated rings. The molecule has 0 saturated carbocycles. The lowest BCUT2D eigenvalue weighted by atomic mass is 10.2. The molecule has 0 saturated heterocycles. The molecule has 2 rings (SSSR count). The first-order valence-electron chi connectivity index (χ1n) is 7.45. The fourth-order valence-electron chi connectivity index (χ4n) is 2.21. The van der Waals surface area contributed by atoms with Crippen LogP contribution in [-0.4, -0.2) is 42.7 Å². The van der Waals surface area contributed by atoms with Crippen LogP contribution in [0.15, 0.2) is 23.1 Å². The number of hydrogen-bond donors (Lipinski definition) is 3. The molecule has 0 radical (unpaired) electrons. The maximum Gasteiger partial charge on any atom is 0.252 e. The molecule has 1 amide bonds. The van der Waals surface area contributed by atoms with E-state index in [2.05, 4.69) is 20.2 Å². The fourth-order valence-corrected chi connectivity index (χ4v) is 3.45. The molecule has 0 unspecified atom stereocenters. The fraction of sp³-hybridized carbons (Fsp3) is 0.357. The Morgan fingerprint density at radius 2 is 2.16 bits per heavy atom. The zero-order valence-electron chi connectivity index (χ0n) is 13.7. The molecule has 0 aliphatic heterocycles. The van der Waals surface area contributed by atoms with Gasteiger partial charge in [-0.25, -0.2) is 13.1 Å². The summed E-state index contributed by atoms with van der Waals surface area (Å²) in [5.41, 5.74) is 0.0901. The number of halogens is 1. The van der Waals surface area contributed by atoms with Crippen molar-refractivity contribution >= 4 is 39.7 Å². The zero-order chi connectivity index (χ0) is 18.6. The van der Waals surface area contributed by atoms with E-state index in [-0.39, 0.29) is 15.5 Å². The molecule has 8 nitrogen and oxygen atoms in total. The Morgan fingerprint density at radius 3 is 2.80 bits per heavy atom. The molecule has 2 aromatic rings. The summed E-state index contributed by atoms with van der Waals surface area (Å²) in [5.74, 6) is 0.265. The highest BCUT2D eigenvalue weighted by molar-refractivity contribution is 7.89. The maximum absolute atomic E-state index is 12.3. The van der Waals surface area contributed by atoms with Crippen molar-refractivity contribution in [2.24, 2.45) is 0 Å². The topological polar surface area (TPSA) is 109 Å². The van der Waals surface area contributed by atoms with E-state index in [1.54, 1.807) is 0 Å². The van der Waals surface area contributed by atoms with Crippen molar-refractivity contribution in [1.82, 2.24) is 24.8 Å². The van der Waals surface area contributed by atoms with Gasteiger partial charge < -0.3 is 9.88 Å². The Balaban J connectivity index is 2.10. The summed E-state index contributed by atoms with van der Waals surface area (Å²) in [6.45, 7) is 2.92. The molecule has 0 atom stereocenters. The second-order valence-corrected chi connectivity index (χ2v) is 7.72. The van der Waals surface area contributed by atoms with Gasteiger partial charge in [-0.3, -0.25) is 9.89 Å². The van der Waals surface area contributed by atoms with E-state index in [1.165, 1.54) is 25.2 Å². The van der Waals surface area contributed by atoms with Crippen LogP contribution in [0.5, 0.6) is 0 Å². The smallest absolute Gasteiger partial charge is 0.252 e. The Hall–Kier alpha value is -1.75. The summed E-state index contributed by atoms with van der Waals surface area (Å²) in [6.07, 6.45) is 0.471. The number of amides is 1. The number of H-pyrrole nitrogens is 1. The number of carbonyl (C=O) groups excluding carboxylic acids is 1. The van der Waals surface area contributed by atoms with Crippen molar-refractivity contribution in [1.29, 1.82) is 0 Å². The van der Waals surface area contributed by atoms with Crippen molar-refractivity contribution in [2.75, 3.05) is 13.6 Å². The van der Waals surface area contributed by atoms with E-state index < -0.39 is 15.9 Å². The van der Waals surface area contributed by atoms with Gasteiger partial charge in [0.1, 0.15) is 5.82 Å². The molecule has 136 valence electrons. The molecular formula is C14H18ClN5O3S2. The number of carbonyl (C=O) groups is 1. The predicted octanol–water partition coefficient (Wildman–Crippen LogP) is 1.49. The monoisotopic (exact) mass is 403 g/mol. The molecule has 11 heteroatoms. The number of aromatic nitrogens is 3. The van der Waals surface area contributed by atoms with Crippen molar-refractivity contribution in [3.05, 3.63) is 39.4 Å². The second kappa shape index (κ2) is 8.09. The SMILES string of the molecule is CCn1c(CCNC(=O)c2cc(S(=O)(=O)NC)ccc2Cl)n[nH]c1=S. The van der Waals surface area contributed by atoms with Gasteiger partial charge in [0, 0.05) is 19.5 Å². The van der Waals surface area contributed by atoms with Gasteiger partial charge in [0.15, 0.2) is 4.77 Å². The summed E-state index contributed by atoms with van der Waals surface area (Å²) in [6, 6.07) is 3.96. The lowest BCUT2D eigenvalue weighted by molar-refractivity contribution is 0.0954. The second-order valence-electron chi connectivity index (χ2n) is 5.04. The van der Waals surface area contributed by atoms with Crippen LogP contribution in [0.3, 0.4) is 0 Å². The van der Waals surface area contributed by atoms with Crippen LogP contribution >= 0.6 is 23.8 Å². The molecule has 0 spiro atoms. The number of aromatic amines is 1. The van der Waals surface area contributed by atoms with Crippen LogP contribution < -0.4 is 10.0 Å². The van der Waals surface area contributed by atoms with Crippen LogP contribution in [0, 0.1) is 4.77 Å². The molecule has 1 aromatic heterocycles. The first-order valence-corrected chi connectivity index (χ1v) is 9.72. The summed E-state index contributed by atoms with van der Waals surface area (Å²) in [4.78, 5) is 12.3. The van der Waals surface area contributed by atoms with Gasteiger partial charge >= 0.3 is 0 Å². The average molecular weight is 404 g/mol. The van der Waals surface area contributed by atoms with Crippen molar-refractivity contribution in [3.63, 3.8) is 0 Å². The van der Waals surface area contributed by atoms with Gasteiger partial charge in [0.2, 0.25) is 10.0 Å². The predicted molar refractivity (Wildman–Crippen MR) is 96.8 cm³/mol. The van der Waals surface area contributed by atoms with E-state index in [4.69, 9.17) is 23.8 Å². The molecule has 0 aliphatic carbocycles. The van der Waals surface area contributed by atoms with Crippen molar-refractivity contribution < 1.29 is 13.2 Å². The van der Waals surface area contributed by atoms with Crippen molar-refractivity contribution in [2.45, 2.75) is 24.8 Å². The van der Waals surface area contributed by atoms with Crippen molar-refractivity contribution in [3.8, 4) is 0 Å². The minimum absolute atomic E-state index is 0.0311. The number of sulfonamides is 1. The summed E-state index contributed by atoms with van der Waals surface area (Å²) >= 11 is 11.1. The Labute approximate surface area is 155 Å². The zero-order valence-corrected chi connectivity index (χ0v) is 16.1. The summed E-state index contributed by atoms with van der Waals surface area (Å²) < 4.78 is 28.2. The van der Waals surface area contributed by atoms with Crippen LogP contribution in [0.25, 0.3) is 0 Å². The van der Waals surface area contributed by atoms with E-state index in [9.17, 15) is 13.2 Å². The van der Waals surface area contributed by atoms with E-state index in [1.807, 2.05) is 11.5 Å². The average Bonchev–Trinajstić information content (AvgIpc) is 2.94. The molecule has 25 heavy (non-hydrogen) atoms. The highest BCUT2D eigenvalue weighted by Crippen LogP contribution is 2.20. The lowest BCUT2D eigenvalue weighted by Crippen LogP contribution is -2.27. The Bertz CT molecular complexity index is 936. The van der Waals surface area contributed by atoms with Gasteiger partial charge in [-0.2, -0.15) is 5.10 Å². The molecule has 0 bridgehead atoms. The maximum atomic E-state index is 12.3. The van der Waals surface area contributed by atoms with Crippen LogP contribution in [-0.2, 0) is 23.0 Å².